The van der Waals surface area contributed by atoms with E-state index < -0.39 is 47.9 Å². The molecule has 1 heterocycles. The molecular formula is C31H38N4O5. The largest absolute Gasteiger partial charge is 0.460 e. The van der Waals surface area contributed by atoms with E-state index in [4.69, 9.17) is 10.00 Å². The van der Waals surface area contributed by atoms with E-state index in [2.05, 4.69) is 28.9 Å². The van der Waals surface area contributed by atoms with Crippen LogP contribution >= 0.6 is 0 Å². The molecule has 0 aliphatic carbocycles. The van der Waals surface area contributed by atoms with Crippen molar-refractivity contribution >= 4 is 23.7 Å². The maximum Gasteiger partial charge on any atom is 0.329 e. The average molecular weight is 547 g/mol. The Kier molecular flexibility index (Phi) is 11.2. The SMILES string of the molecule is CCCC[C@H](C)[C@H]1CC(=O)N[C@@H](Cc2ccccc2)C(=O)N[C@@H](C)C(=O)N[C@H](Cc2ccc(C#N)cc2)C(=O)O1. The second-order valence-electron chi connectivity index (χ2n) is 10.4. The number of hydrogen-bond acceptors (Lipinski definition) is 6. The highest BCUT2D eigenvalue weighted by molar-refractivity contribution is 5.94. The van der Waals surface area contributed by atoms with Crippen LogP contribution in [-0.2, 0) is 36.8 Å². The summed E-state index contributed by atoms with van der Waals surface area (Å²) in [7, 11) is 0. The number of unbranched alkanes of at least 4 members (excludes halogenated alkanes) is 1. The summed E-state index contributed by atoms with van der Waals surface area (Å²) in [6, 6.07) is 15.1. The molecule has 0 saturated carbocycles. The summed E-state index contributed by atoms with van der Waals surface area (Å²) in [5, 5.41) is 17.3. The highest BCUT2D eigenvalue weighted by atomic mass is 16.5. The molecule has 3 N–H and O–H groups in total. The summed E-state index contributed by atoms with van der Waals surface area (Å²) in [6.07, 6.45) is 2.12. The number of ether oxygens (including phenoxy) is 1. The molecule has 2 aromatic carbocycles. The fourth-order valence-electron chi connectivity index (χ4n) is 4.62. The quantitative estimate of drug-likeness (QED) is 0.436. The van der Waals surface area contributed by atoms with Crippen molar-refractivity contribution in [1.29, 1.82) is 5.26 Å². The first-order valence-corrected chi connectivity index (χ1v) is 13.8. The molecule has 1 fully saturated rings. The molecule has 3 amide bonds. The number of rotatable bonds is 8. The molecule has 0 unspecified atom stereocenters. The van der Waals surface area contributed by atoms with Crippen LogP contribution in [0.15, 0.2) is 54.6 Å². The number of hydrogen-bond donors (Lipinski definition) is 3. The number of cyclic esters (lactones) is 1. The standard InChI is InChI=1S/C31H38N4O5/c1-4-5-9-20(2)27-18-28(36)34-25(16-22-10-7-6-8-11-22)30(38)33-21(3)29(37)35-26(31(39)40-27)17-23-12-14-24(19-32)15-13-23/h6-8,10-15,20-21,25-27H,4-5,9,16-18H2,1-3H3,(H,33,38)(H,34,36)(H,35,37)/t20-,21-,25-,26+,27+/m0/s1. The molecule has 0 radical (unpaired) electrons. The number of carbonyl (C=O) groups is 4. The molecule has 212 valence electrons. The van der Waals surface area contributed by atoms with E-state index in [-0.39, 0.29) is 25.2 Å². The zero-order chi connectivity index (χ0) is 29.1. The third kappa shape index (κ3) is 8.94. The molecule has 3 rings (SSSR count). The first-order chi connectivity index (χ1) is 19.2. The number of esters is 1. The van der Waals surface area contributed by atoms with Crippen LogP contribution in [-0.4, -0.2) is 47.9 Å². The molecule has 1 saturated heterocycles. The van der Waals surface area contributed by atoms with Crippen molar-refractivity contribution in [3.8, 4) is 6.07 Å². The van der Waals surface area contributed by atoms with Gasteiger partial charge in [0.2, 0.25) is 17.7 Å². The summed E-state index contributed by atoms with van der Waals surface area (Å²) < 4.78 is 5.91. The zero-order valence-corrected chi connectivity index (χ0v) is 23.3. The minimum Gasteiger partial charge on any atom is -0.460 e. The Morgan fingerprint density at radius 2 is 1.55 bits per heavy atom. The van der Waals surface area contributed by atoms with E-state index in [1.54, 1.807) is 24.3 Å². The fourth-order valence-corrected chi connectivity index (χ4v) is 4.62. The number of nitrogens with one attached hydrogen (secondary N) is 3. The van der Waals surface area contributed by atoms with Crippen molar-refractivity contribution in [3.05, 3.63) is 71.3 Å². The molecule has 9 heteroatoms. The first kappa shape index (κ1) is 30.4. The number of amides is 3. The lowest BCUT2D eigenvalue weighted by molar-refractivity contribution is -0.157. The topological polar surface area (TPSA) is 137 Å². The zero-order valence-electron chi connectivity index (χ0n) is 23.3. The number of nitriles is 1. The van der Waals surface area contributed by atoms with Gasteiger partial charge in [-0.05, 0) is 42.5 Å². The molecule has 1 aliphatic rings. The van der Waals surface area contributed by atoms with Crippen LogP contribution in [0.2, 0.25) is 0 Å². The number of benzene rings is 2. The molecule has 9 nitrogen and oxygen atoms in total. The van der Waals surface area contributed by atoms with Gasteiger partial charge in [-0.15, -0.1) is 0 Å². The Morgan fingerprint density at radius 1 is 0.900 bits per heavy atom. The summed E-state index contributed by atoms with van der Waals surface area (Å²) in [5.74, 6) is -2.23. The minimum atomic E-state index is -1.05. The minimum absolute atomic E-state index is 0.109. The summed E-state index contributed by atoms with van der Waals surface area (Å²) in [6.45, 7) is 5.52. The van der Waals surface area contributed by atoms with Gasteiger partial charge in [0.05, 0.1) is 18.1 Å². The van der Waals surface area contributed by atoms with E-state index in [1.807, 2.05) is 37.3 Å². The highest BCUT2D eigenvalue weighted by Crippen LogP contribution is 2.20. The molecular weight excluding hydrogens is 508 g/mol. The van der Waals surface area contributed by atoms with E-state index in [0.717, 1.165) is 30.4 Å². The van der Waals surface area contributed by atoms with E-state index in [0.29, 0.717) is 5.56 Å². The fraction of sp³-hybridized carbons (Fsp3) is 0.452. The molecule has 0 spiro atoms. The first-order valence-electron chi connectivity index (χ1n) is 13.8. The molecule has 5 atom stereocenters. The molecule has 40 heavy (non-hydrogen) atoms. The molecule has 0 aromatic heterocycles. The second-order valence-corrected chi connectivity index (χ2v) is 10.4. The summed E-state index contributed by atoms with van der Waals surface area (Å²) in [4.78, 5) is 53.0. The summed E-state index contributed by atoms with van der Waals surface area (Å²) >= 11 is 0. The van der Waals surface area contributed by atoms with Gasteiger partial charge >= 0.3 is 5.97 Å². The van der Waals surface area contributed by atoms with Crippen LogP contribution in [0.3, 0.4) is 0 Å². The van der Waals surface area contributed by atoms with Crippen LogP contribution in [0.4, 0.5) is 0 Å². The monoisotopic (exact) mass is 546 g/mol. The van der Waals surface area contributed by atoms with Crippen molar-refractivity contribution in [2.75, 3.05) is 0 Å². The van der Waals surface area contributed by atoms with Crippen LogP contribution in [0.25, 0.3) is 0 Å². The van der Waals surface area contributed by atoms with Gasteiger partial charge in [0.25, 0.3) is 0 Å². The molecule has 2 aromatic rings. The third-order valence-electron chi connectivity index (χ3n) is 7.11. The number of nitrogens with zero attached hydrogens (tertiary/aromatic N) is 1. The van der Waals surface area contributed by atoms with E-state index in [1.165, 1.54) is 6.92 Å². The molecule has 1 aliphatic heterocycles. The van der Waals surface area contributed by atoms with Crippen molar-refractivity contribution in [1.82, 2.24) is 16.0 Å². The van der Waals surface area contributed by atoms with Gasteiger partial charge in [0.1, 0.15) is 24.2 Å². The Balaban J connectivity index is 1.91. The predicted octanol–water partition coefficient (Wildman–Crippen LogP) is 2.96. The van der Waals surface area contributed by atoms with Gasteiger partial charge in [0.15, 0.2) is 0 Å². The predicted molar refractivity (Wildman–Crippen MR) is 150 cm³/mol. The van der Waals surface area contributed by atoms with Crippen molar-refractivity contribution in [2.24, 2.45) is 5.92 Å². The van der Waals surface area contributed by atoms with Crippen molar-refractivity contribution < 1.29 is 23.9 Å². The van der Waals surface area contributed by atoms with E-state index >= 15 is 0 Å². The Morgan fingerprint density at radius 3 is 2.20 bits per heavy atom. The maximum atomic E-state index is 13.5. The van der Waals surface area contributed by atoms with Crippen LogP contribution < -0.4 is 16.0 Å². The lowest BCUT2D eigenvalue weighted by Crippen LogP contribution is -2.55. The highest BCUT2D eigenvalue weighted by Gasteiger charge is 2.33. The second kappa shape index (κ2) is 14.8. The lowest BCUT2D eigenvalue weighted by Gasteiger charge is -2.27. The van der Waals surface area contributed by atoms with Gasteiger partial charge in [-0.3, -0.25) is 14.4 Å². The Bertz CT molecular complexity index is 1210. The Labute approximate surface area is 235 Å². The smallest absolute Gasteiger partial charge is 0.329 e. The van der Waals surface area contributed by atoms with Gasteiger partial charge in [-0.1, -0.05) is 69.2 Å². The molecule has 0 bridgehead atoms. The number of carbonyl (C=O) groups excluding carboxylic acids is 4. The van der Waals surface area contributed by atoms with Gasteiger partial charge in [0, 0.05) is 12.8 Å². The van der Waals surface area contributed by atoms with Gasteiger partial charge in [-0.25, -0.2) is 4.79 Å². The van der Waals surface area contributed by atoms with Gasteiger partial charge in [-0.2, -0.15) is 5.26 Å². The average Bonchev–Trinajstić information content (AvgIpc) is 2.95. The van der Waals surface area contributed by atoms with Crippen molar-refractivity contribution in [2.45, 2.75) is 83.5 Å². The maximum absolute atomic E-state index is 13.5. The van der Waals surface area contributed by atoms with E-state index in [9.17, 15) is 19.2 Å². The Hall–Kier alpha value is -4.19. The van der Waals surface area contributed by atoms with Crippen LogP contribution in [0, 0.1) is 17.2 Å². The van der Waals surface area contributed by atoms with Crippen molar-refractivity contribution in [3.63, 3.8) is 0 Å². The summed E-state index contributed by atoms with van der Waals surface area (Å²) in [5.41, 5.74) is 2.05. The lowest BCUT2D eigenvalue weighted by atomic mass is 9.95. The van der Waals surface area contributed by atoms with Crippen LogP contribution in [0.1, 0.15) is 63.1 Å². The van der Waals surface area contributed by atoms with Crippen LogP contribution in [0.5, 0.6) is 0 Å². The third-order valence-corrected chi connectivity index (χ3v) is 7.11. The van der Waals surface area contributed by atoms with Gasteiger partial charge < -0.3 is 20.7 Å². The normalized spacial score (nSPS) is 23.1.